The Balaban J connectivity index is 2.04. The third-order valence-electron chi connectivity index (χ3n) is 3.72. The first kappa shape index (κ1) is 16.7. The first-order valence-electron chi connectivity index (χ1n) is 8.01. The molecule has 0 saturated heterocycles. The van der Waals surface area contributed by atoms with Crippen LogP contribution in [0.1, 0.15) is 50.7 Å². The predicted molar refractivity (Wildman–Crippen MR) is 94.3 cm³/mol. The Bertz CT molecular complexity index is 916. The highest BCUT2D eigenvalue weighted by molar-refractivity contribution is 7.99. The third kappa shape index (κ3) is 3.08. The fourth-order valence-corrected chi connectivity index (χ4v) is 3.52. The Morgan fingerprint density at radius 2 is 1.96 bits per heavy atom. The first-order chi connectivity index (χ1) is 11.5. The summed E-state index contributed by atoms with van der Waals surface area (Å²) in [7, 11) is 0. The van der Waals surface area contributed by atoms with Gasteiger partial charge in [0, 0.05) is 12.5 Å². The molecule has 24 heavy (non-hydrogen) atoms. The Morgan fingerprint density at radius 3 is 2.62 bits per heavy atom. The van der Waals surface area contributed by atoms with Crippen molar-refractivity contribution in [3.05, 3.63) is 46.3 Å². The molecule has 0 bridgehead atoms. The first-order valence-corrected chi connectivity index (χ1v) is 8.89. The molecule has 0 N–H and O–H groups in total. The van der Waals surface area contributed by atoms with Crippen LogP contribution in [-0.4, -0.2) is 19.7 Å². The van der Waals surface area contributed by atoms with E-state index in [0.29, 0.717) is 27.8 Å². The summed E-state index contributed by atoms with van der Waals surface area (Å²) in [5, 5.41) is 5.14. The summed E-state index contributed by atoms with van der Waals surface area (Å²) < 4.78 is 7.03. The van der Waals surface area contributed by atoms with Crippen molar-refractivity contribution in [1.29, 1.82) is 0 Å². The Labute approximate surface area is 144 Å². The standard InChI is InChI=1S/C17H20N4O2S/c1-5-14-19-15(23-20-14)11(4)24-17-18-13-9-7-6-8-12(13)16(22)21(17)10(2)3/h6-11H,5H2,1-4H3. The van der Waals surface area contributed by atoms with Gasteiger partial charge in [-0.15, -0.1) is 0 Å². The highest BCUT2D eigenvalue weighted by Gasteiger charge is 2.20. The van der Waals surface area contributed by atoms with Gasteiger partial charge in [0.05, 0.1) is 16.2 Å². The zero-order valence-electron chi connectivity index (χ0n) is 14.2. The number of rotatable bonds is 5. The highest BCUT2D eigenvalue weighted by Crippen LogP contribution is 2.33. The number of para-hydroxylation sites is 1. The molecule has 7 heteroatoms. The Kier molecular flexibility index (Phi) is 4.71. The van der Waals surface area contributed by atoms with Gasteiger partial charge in [-0.05, 0) is 32.9 Å². The SMILES string of the molecule is CCc1noc(C(C)Sc2nc3ccccc3c(=O)n2C(C)C)n1. The van der Waals surface area contributed by atoms with Crippen LogP contribution in [-0.2, 0) is 6.42 Å². The quantitative estimate of drug-likeness (QED) is 0.518. The molecule has 0 fully saturated rings. The van der Waals surface area contributed by atoms with Crippen molar-refractivity contribution in [3.8, 4) is 0 Å². The molecule has 0 amide bonds. The molecule has 0 aliphatic heterocycles. The lowest BCUT2D eigenvalue weighted by molar-refractivity contribution is 0.375. The number of aryl methyl sites for hydroxylation is 1. The molecule has 1 aromatic carbocycles. The maximum Gasteiger partial charge on any atom is 0.262 e. The van der Waals surface area contributed by atoms with Crippen molar-refractivity contribution in [2.24, 2.45) is 0 Å². The van der Waals surface area contributed by atoms with Crippen LogP contribution >= 0.6 is 11.8 Å². The van der Waals surface area contributed by atoms with Crippen molar-refractivity contribution in [2.45, 2.75) is 50.6 Å². The number of aromatic nitrogens is 4. The smallest absolute Gasteiger partial charge is 0.262 e. The summed E-state index contributed by atoms with van der Waals surface area (Å²) in [6.45, 7) is 7.92. The van der Waals surface area contributed by atoms with Gasteiger partial charge in [0.1, 0.15) is 0 Å². The minimum Gasteiger partial charge on any atom is -0.338 e. The largest absolute Gasteiger partial charge is 0.338 e. The number of nitrogens with zero attached hydrogens (tertiary/aromatic N) is 4. The molecule has 2 aromatic heterocycles. The third-order valence-corrected chi connectivity index (χ3v) is 4.78. The molecule has 0 aliphatic carbocycles. The molecule has 1 unspecified atom stereocenters. The van der Waals surface area contributed by atoms with E-state index in [4.69, 9.17) is 4.52 Å². The van der Waals surface area contributed by atoms with Gasteiger partial charge in [-0.2, -0.15) is 4.98 Å². The molecule has 2 heterocycles. The van der Waals surface area contributed by atoms with Gasteiger partial charge in [0.25, 0.3) is 5.56 Å². The summed E-state index contributed by atoms with van der Waals surface area (Å²) in [6.07, 6.45) is 0.728. The molecule has 0 aliphatic rings. The molecule has 126 valence electrons. The van der Waals surface area contributed by atoms with E-state index >= 15 is 0 Å². The minimum atomic E-state index is -0.0872. The lowest BCUT2D eigenvalue weighted by Crippen LogP contribution is -2.25. The Morgan fingerprint density at radius 1 is 1.21 bits per heavy atom. The van der Waals surface area contributed by atoms with Gasteiger partial charge >= 0.3 is 0 Å². The average Bonchev–Trinajstić information content (AvgIpc) is 3.04. The van der Waals surface area contributed by atoms with E-state index in [2.05, 4.69) is 15.1 Å². The van der Waals surface area contributed by atoms with Crippen LogP contribution in [0.4, 0.5) is 0 Å². The van der Waals surface area contributed by atoms with Crippen molar-refractivity contribution in [2.75, 3.05) is 0 Å². The van der Waals surface area contributed by atoms with Crippen LogP contribution in [0.3, 0.4) is 0 Å². The van der Waals surface area contributed by atoms with Crippen molar-refractivity contribution in [1.82, 2.24) is 19.7 Å². The van der Waals surface area contributed by atoms with E-state index in [1.807, 2.05) is 52.0 Å². The van der Waals surface area contributed by atoms with Gasteiger partial charge < -0.3 is 4.52 Å². The summed E-state index contributed by atoms with van der Waals surface area (Å²) in [5.41, 5.74) is 0.680. The number of thioether (sulfide) groups is 1. The normalized spacial score (nSPS) is 12.9. The lowest BCUT2D eigenvalue weighted by atomic mass is 10.2. The van der Waals surface area contributed by atoms with Crippen LogP contribution < -0.4 is 5.56 Å². The summed E-state index contributed by atoms with van der Waals surface area (Å²) in [5.74, 6) is 1.24. The van der Waals surface area contributed by atoms with E-state index in [1.54, 1.807) is 4.57 Å². The van der Waals surface area contributed by atoms with E-state index in [1.165, 1.54) is 11.8 Å². The topological polar surface area (TPSA) is 73.8 Å². The molecule has 6 nitrogen and oxygen atoms in total. The van der Waals surface area contributed by atoms with Crippen molar-refractivity contribution >= 4 is 22.7 Å². The maximum absolute atomic E-state index is 12.8. The van der Waals surface area contributed by atoms with Crippen LogP contribution in [0.2, 0.25) is 0 Å². The predicted octanol–water partition coefficient (Wildman–Crippen LogP) is 3.78. The fraction of sp³-hybridized carbons (Fsp3) is 0.412. The number of fused-ring (bicyclic) bond motifs is 1. The van der Waals surface area contributed by atoms with Gasteiger partial charge in [0.15, 0.2) is 11.0 Å². The highest BCUT2D eigenvalue weighted by atomic mass is 32.2. The molecular weight excluding hydrogens is 324 g/mol. The zero-order chi connectivity index (χ0) is 17.3. The second kappa shape index (κ2) is 6.76. The molecule has 0 saturated carbocycles. The molecule has 1 atom stereocenters. The lowest BCUT2D eigenvalue weighted by Gasteiger charge is -2.17. The molecule has 3 rings (SSSR count). The van der Waals surface area contributed by atoms with Crippen LogP contribution in [0.15, 0.2) is 38.7 Å². The number of benzene rings is 1. The average molecular weight is 344 g/mol. The van der Waals surface area contributed by atoms with Gasteiger partial charge in [-0.25, -0.2) is 4.98 Å². The van der Waals surface area contributed by atoms with E-state index in [-0.39, 0.29) is 16.9 Å². The van der Waals surface area contributed by atoms with Crippen LogP contribution in [0, 0.1) is 0 Å². The molecule has 0 radical (unpaired) electrons. The van der Waals surface area contributed by atoms with Crippen molar-refractivity contribution in [3.63, 3.8) is 0 Å². The zero-order valence-corrected chi connectivity index (χ0v) is 15.0. The summed E-state index contributed by atoms with van der Waals surface area (Å²) in [4.78, 5) is 21.9. The van der Waals surface area contributed by atoms with Gasteiger partial charge in [-0.1, -0.05) is 36.0 Å². The monoisotopic (exact) mass is 344 g/mol. The van der Waals surface area contributed by atoms with Crippen molar-refractivity contribution < 1.29 is 4.52 Å². The Hall–Kier alpha value is -2.15. The number of hydrogen-bond acceptors (Lipinski definition) is 6. The van der Waals surface area contributed by atoms with E-state index in [0.717, 1.165) is 6.42 Å². The van der Waals surface area contributed by atoms with Gasteiger partial charge in [0.2, 0.25) is 5.89 Å². The van der Waals surface area contributed by atoms with Gasteiger partial charge in [-0.3, -0.25) is 9.36 Å². The summed E-state index contributed by atoms with van der Waals surface area (Å²) in [6, 6.07) is 7.43. The fourth-order valence-electron chi connectivity index (χ4n) is 2.45. The maximum atomic E-state index is 12.8. The second-order valence-corrected chi connectivity index (χ2v) is 7.15. The molecular formula is C17H20N4O2S. The van der Waals surface area contributed by atoms with Crippen LogP contribution in [0.25, 0.3) is 10.9 Å². The molecule has 3 aromatic rings. The summed E-state index contributed by atoms with van der Waals surface area (Å²) >= 11 is 1.46. The minimum absolute atomic E-state index is 0.0122. The molecule has 0 spiro atoms. The number of hydrogen-bond donors (Lipinski definition) is 0. The van der Waals surface area contributed by atoms with Crippen LogP contribution in [0.5, 0.6) is 0 Å². The van der Waals surface area contributed by atoms with E-state index in [9.17, 15) is 4.79 Å². The second-order valence-electron chi connectivity index (χ2n) is 5.84. The van der Waals surface area contributed by atoms with E-state index < -0.39 is 0 Å².